The molecule has 25 heavy (non-hydrogen) atoms. The van der Waals surface area contributed by atoms with E-state index in [9.17, 15) is 4.79 Å². The van der Waals surface area contributed by atoms with Gasteiger partial charge in [-0.3, -0.25) is 4.79 Å². The number of hydrogen-bond acceptors (Lipinski definition) is 1. The predicted molar refractivity (Wildman–Crippen MR) is 102 cm³/mol. The Morgan fingerprint density at radius 3 is 1.56 bits per heavy atom. The Kier molecular flexibility index (Phi) is 4.07. The van der Waals surface area contributed by atoms with E-state index in [-0.39, 0.29) is 17.6 Å². The van der Waals surface area contributed by atoms with Gasteiger partial charge in [0.2, 0.25) is 0 Å². The predicted octanol–water partition coefficient (Wildman–Crippen LogP) is 5.61. The summed E-state index contributed by atoms with van der Waals surface area (Å²) in [5.74, 6) is 0.135. The smallest absolute Gasteiger partial charge is 0.167 e. The molecule has 0 unspecified atom stereocenters. The molecule has 0 saturated carbocycles. The van der Waals surface area contributed by atoms with Gasteiger partial charge >= 0.3 is 0 Å². The van der Waals surface area contributed by atoms with Crippen molar-refractivity contribution in [1.82, 2.24) is 0 Å². The van der Waals surface area contributed by atoms with Crippen LogP contribution < -0.4 is 0 Å². The first kappa shape index (κ1) is 15.6. The van der Waals surface area contributed by atoms with Gasteiger partial charge in [0.15, 0.2) is 5.78 Å². The Balaban J connectivity index is 1.92. The summed E-state index contributed by atoms with van der Waals surface area (Å²) in [5, 5.41) is 0. The van der Waals surface area contributed by atoms with E-state index in [0.717, 1.165) is 22.3 Å². The minimum Gasteiger partial charge on any atom is -0.294 e. The van der Waals surface area contributed by atoms with Crippen LogP contribution in [0.5, 0.6) is 0 Å². The molecule has 0 saturated heterocycles. The summed E-state index contributed by atoms with van der Waals surface area (Å²) in [6.07, 6.45) is 0. The van der Waals surface area contributed by atoms with Crippen LogP contribution in [0.1, 0.15) is 35.4 Å². The van der Waals surface area contributed by atoms with Crippen molar-refractivity contribution >= 4 is 11.4 Å². The lowest BCUT2D eigenvalue weighted by Crippen LogP contribution is -2.14. The maximum atomic E-state index is 13.2. The van der Waals surface area contributed by atoms with Crippen LogP contribution in [0, 0.1) is 0 Å². The molecule has 0 heterocycles. The molecule has 1 aliphatic rings. The van der Waals surface area contributed by atoms with Crippen molar-refractivity contribution in [3.8, 4) is 0 Å². The van der Waals surface area contributed by atoms with Gasteiger partial charge in [-0.05, 0) is 34.8 Å². The molecule has 0 spiro atoms. The highest BCUT2D eigenvalue weighted by Gasteiger charge is 2.41. The standard InChI is InChI=1S/C24H20O/c1-17-21(18-11-5-2-6-12-18)22(19-13-7-3-8-14-19)23(24(17)25)20-15-9-4-10-16-20/h2-16,22-23H,1H3/t22-,23+/m1/s1. The number of carbonyl (C=O) groups is 1. The molecule has 0 aromatic heterocycles. The lowest BCUT2D eigenvalue weighted by atomic mass is 9.78. The Bertz CT molecular complexity index is 908. The number of rotatable bonds is 3. The third-order valence-electron chi connectivity index (χ3n) is 5.10. The number of ketones is 1. The SMILES string of the molecule is CC1=C(c2ccccc2)[C@@H](c2ccccc2)[C@H](c2ccccc2)C1=O. The lowest BCUT2D eigenvalue weighted by molar-refractivity contribution is -0.116. The molecule has 0 bridgehead atoms. The third-order valence-corrected chi connectivity index (χ3v) is 5.10. The summed E-state index contributed by atoms with van der Waals surface area (Å²) in [5.41, 5.74) is 5.47. The van der Waals surface area contributed by atoms with Crippen LogP contribution in [0.3, 0.4) is 0 Å². The molecule has 2 atom stereocenters. The largest absolute Gasteiger partial charge is 0.294 e. The van der Waals surface area contributed by atoms with Gasteiger partial charge in [-0.1, -0.05) is 91.0 Å². The van der Waals surface area contributed by atoms with Crippen molar-refractivity contribution in [1.29, 1.82) is 0 Å². The number of hydrogen-bond donors (Lipinski definition) is 0. The van der Waals surface area contributed by atoms with Gasteiger partial charge in [0.1, 0.15) is 0 Å². The maximum absolute atomic E-state index is 13.2. The lowest BCUT2D eigenvalue weighted by Gasteiger charge is -2.23. The average molecular weight is 324 g/mol. The molecule has 0 fully saturated rings. The van der Waals surface area contributed by atoms with Crippen LogP contribution in [0.15, 0.2) is 96.6 Å². The molecular weight excluding hydrogens is 304 g/mol. The molecule has 1 heteroatoms. The first-order valence-electron chi connectivity index (χ1n) is 8.67. The van der Waals surface area contributed by atoms with E-state index in [4.69, 9.17) is 0 Å². The van der Waals surface area contributed by atoms with E-state index in [1.807, 2.05) is 49.4 Å². The quantitative estimate of drug-likeness (QED) is 0.612. The van der Waals surface area contributed by atoms with Gasteiger partial charge < -0.3 is 0 Å². The van der Waals surface area contributed by atoms with Gasteiger partial charge in [0.05, 0.1) is 5.92 Å². The highest BCUT2D eigenvalue weighted by Crippen LogP contribution is 2.51. The molecule has 1 aliphatic carbocycles. The highest BCUT2D eigenvalue weighted by atomic mass is 16.1. The number of Topliss-reactive ketones (excluding diaryl/α,β-unsaturated/α-hetero) is 1. The van der Waals surface area contributed by atoms with Crippen molar-refractivity contribution in [2.45, 2.75) is 18.8 Å². The summed E-state index contributed by atoms with van der Waals surface area (Å²) in [6.45, 7) is 1.98. The summed E-state index contributed by atoms with van der Waals surface area (Å²) in [6, 6.07) is 30.9. The number of allylic oxidation sites excluding steroid dienone is 2. The highest BCUT2D eigenvalue weighted by molar-refractivity contribution is 6.13. The first-order valence-corrected chi connectivity index (χ1v) is 8.67. The van der Waals surface area contributed by atoms with Gasteiger partial charge in [0, 0.05) is 5.92 Å². The molecule has 4 rings (SSSR count). The zero-order valence-electron chi connectivity index (χ0n) is 14.2. The second-order valence-electron chi connectivity index (χ2n) is 6.55. The minimum absolute atomic E-state index is 0.0542. The minimum atomic E-state index is -0.154. The fourth-order valence-electron chi connectivity index (χ4n) is 3.95. The molecule has 1 nitrogen and oxygen atoms in total. The summed E-state index contributed by atoms with van der Waals surface area (Å²) >= 11 is 0. The van der Waals surface area contributed by atoms with Crippen LogP contribution in [-0.2, 0) is 4.79 Å². The Labute approximate surface area is 148 Å². The second-order valence-corrected chi connectivity index (χ2v) is 6.55. The van der Waals surface area contributed by atoms with E-state index in [0.29, 0.717) is 0 Å². The van der Waals surface area contributed by atoms with Crippen LogP contribution >= 0.6 is 0 Å². The third kappa shape index (κ3) is 2.72. The van der Waals surface area contributed by atoms with E-state index in [1.54, 1.807) is 0 Å². The van der Waals surface area contributed by atoms with Crippen molar-refractivity contribution in [3.63, 3.8) is 0 Å². The van der Waals surface area contributed by atoms with E-state index >= 15 is 0 Å². The number of carbonyl (C=O) groups excluding carboxylic acids is 1. The van der Waals surface area contributed by atoms with Crippen LogP contribution in [0.25, 0.3) is 5.57 Å². The summed E-state index contributed by atoms with van der Waals surface area (Å²) in [4.78, 5) is 13.2. The monoisotopic (exact) mass is 324 g/mol. The Morgan fingerprint density at radius 1 is 0.600 bits per heavy atom. The first-order chi connectivity index (χ1) is 12.3. The molecule has 0 aliphatic heterocycles. The van der Waals surface area contributed by atoms with Crippen molar-refractivity contribution in [2.75, 3.05) is 0 Å². The van der Waals surface area contributed by atoms with Gasteiger partial charge in [-0.15, -0.1) is 0 Å². The van der Waals surface area contributed by atoms with E-state index < -0.39 is 0 Å². The van der Waals surface area contributed by atoms with Gasteiger partial charge in [0.25, 0.3) is 0 Å². The number of benzene rings is 3. The molecule has 0 radical (unpaired) electrons. The van der Waals surface area contributed by atoms with Gasteiger partial charge in [-0.25, -0.2) is 0 Å². The van der Waals surface area contributed by atoms with Crippen LogP contribution in [0.2, 0.25) is 0 Å². The van der Waals surface area contributed by atoms with Crippen molar-refractivity contribution in [3.05, 3.63) is 113 Å². The van der Waals surface area contributed by atoms with Crippen LogP contribution in [-0.4, -0.2) is 5.78 Å². The zero-order valence-corrected chi connectivity index (χ0v) is 14.2. The molecule has 3 aromatic rings. The maximum Gasteiger partial charge on any atom is 0.167 e. The van der Waals surface area contributed by atoms with E-state index in [2.05, 4.69) is 48.5 Å². The average Bonchev–Trinajstić information content (AvgIpc) is 2.95. The summed E-state index contributed by atoms with van der Waals surface area (Å²) in [7, 11) is 0. The fourth-order valence-corrected chi connectivity index (χ4v) is 3.95. The zero-order chi connectivity index (χ0) is 17.2. The fraction of sp³-hybridized carbons (Fsp3) is 0.125. The Hall–Kier alpha value is -2.93. The Morgan fingerprint density at radius 2 is 1.04 bits per heavy atom. The van der Waals surface area contributed by atoms with Gasteiger partial charge in [-0.2, -0.15) is 0 Å². The summed E-state index contributed by atoms with van der Waals surface area (Å²) < 4.78 is 0. The van der Waals surface area contributed by atoms with Crippen LogP contribution in [0.4, 0.5) is 0 Å². The van der Waals surface area contributed by atoms with Crippen molar-refractivity contribution in [2.24, 2.45) is 0 Å². The normalized spacial score (nSPS) is 20.1. The molecular formula is C24H20O. The molecule has 122 valence electrons. The topological polar surface area (TPSA) is 17.1 Å². The molecule has 0 amide bonds. The van der Waals surface area contributed by atoms with Crippen molar-refractivity contribution < 1.29 is 4.79 Å². The molecule has 0 N–H and O–H groups in total. The second kappa shape index (κ2) is 6.52. The molecule has 3 aromatic carbocycles. The van der Waals surface area contributed by atoms with E-state index in [1.165, 1.54) is 5.56 Å².